The first-order valence-electron chi connectivity index (χ1n) is 7.99. The van der Waals surface area contributed by atoms with Crippen molar-refractivity contribution in [3.05, 3.63) is 29.6 Å². The number of morpholine rings is 1. The largest absolute Gasteiger partial charge is 0.379 e. The van der Waals surface area contributed by atoms with Crippen LogP contribution in [0.3, 0.4) is 0 Å². The summed E-state index contributed by atoms with van der Waals surface area (Å²) in [5.41, 5.74) is 1.01. The number of fused-ring (bicyclic) bond motifs is 1. The predicted molar refractivity (Wildman–Crippen MR) is 95.5 cm³/mol. The van der Waals surface area contributed by atoms with Crippen LogP contribution in [0.4, 0.5) is 4.39 Å². The van der Waals surface area contributed by atoms with Crippen molar-refractivity contribution < 1.29 is 9.13 Å². The topological polar surface area (TPSA) is 36.5 Å². The first-order chi connectivity index (χ1) is 11.2. The highest BCUT2D eigenvalue weighted by atomic mass is 32.2. The molecule has 23 heavy (non-hydrogen) atoms. The number of nitrogens with one attached hydrogen (secondary N) is 2. The molecule has 1 saturated heterocycles. The van der Waals surface area contributed by atoms with Crippen LogP contribution in [0.15, 0.2) is 23.1 Å². The molecule has 126 valence electrons. The number of hydrogen-bond donors (Lipinski definition) is 2. The van der Waals surface area contributed by atoms with E-state index < -0.39 is 0 Å². The third-order valence-electron chi connectivity index (χ3n) is 4.13. The fourth-order valence-electron chi connectivity index (χ4n) is 2.88. The summed E-state index contributed by atoms with van der Waals surface area (Å²) >= 11 is 7.17. The van der Waals surface area contributed by atoms with Gasteiger partial charge < -0.3 is 15.4 Å². The van der Waals surface area contributed by atoms with Crippen LogP contribution in [0.1, 0.15) is 18.0 Å². The number of ether oxygens (including phenoxy) is 1. The maximum atomic E-state index is 13.5. The van der Waals surface area contributed by atoms with E-state index >= 15 is 0 Å². The Morgan fingerprint density at radius 3 is 3.04 bits per heavy atom. The van der Waals surface area contributed by atoms with E-state index in [1.165, 1.54) is 6.07 Å². The van der Waals surface area contributed by atoms with Gasteiger partial charge in [-0.3, -0.25) is 4.90 Å². The molecule has 0 aliphatic carbocycles. The van der Waals surface area contributed by atoms with Crippen molar-refractivity contribution >= 4 is 29.1 Å². The molecule has 2 N–H and O–H groups in total. The Labute approximate surface area is 146 Å². The zero-order valence-electron chi connectivity index (χ0n) is 13.0. The van der Waals surface area contributed by atoms with Crippen molar-refractivity contribution in [1.29, 1.82) is 0 Å². The van der Waals surface area contributed by atoms with Crippen LogP contribution < -0.4 is 10.6 Å². The Hall–Kier alpha value is -0.890. The van der Waals surface area contributed by atoms with Gasteiger partial charge in [0.15, 0.2) is 5.11 Å². The van der Waals surface area contributed by atoms with Crippen LogP contribution in [0.5, 0.6) is 0 Å². The minimum absolute atomic E-state index is 0.0883. The quantitative estimate of drug-likeness (QED) is 0.806. The molecule has 0 bridgehead atoms. The lowest BCUT2D eigenvalue weighted by atomic mass is 10.0. The molecule has 0 saturated carbocycles. The second-order valence-electron chi connectivity index (χ2n) is 5.73. The summed E-state index contributed by atoms with van der Waals surface area (Å²) in [6.07, 6.45) is 0.951. The highest BCUT2D eigenvalue weighted by molar-refractivity contribution is 7.99. The summed E-state index contributed by atoms with van der Waals surface area (Å²) in [6.45, 7) is 5.35. The van der Waals surface area contributed by atoms with Gasteiger partial charge in [-0.2, -0.15) is 0 Å². The van der Waals surface area contributed by atoms with E-state index in [2.05, 4.69) is 15.5 Å². The normalized spacial score (nSPS) is 21.5. The van der Waals surface area contributed by atoms with Gasteiger partial charge in [0.25, 0.3) is 0 Å². The van der Waals surface area contributed by atoms with Crippen LogP contribution >= 0.6 is 24.0 Å². The third-order valence-corrected chi connectivity index (χ3v) is 5.52. The first-order valence-corrected chi connectivity index (χ1v) is 9.38. The lowest BCUT2D eigenvalue weighted by Crippen LogP contribution is -2.44. The molecule has 0 amide bonds. The smallest absolute Gasteiger partial charge is 0.166 e. The molecule has 1 atom stereocenters. The first kappa shape index (κ1) is 17.0. The monoisotopic (exact) mass is 355 g/mol. The van der Waals surface area contributed by atoms with Crippen molar-refractivity contribution in [2.45, 2.75) is 17.4 Å². The molecule has 1 fully saturated rings. The Balaban J connectivity index is 1.48. The minimum Gasteiger partial charge on any atom is -0.379 e. The molecule has 4 nitrogen and oxygen atoms in total. The summed E-state index contributed by atoms with van der Waals surface area (Å²) in [6, 6.07) is 5.09. The molecule has 0 aromatic heterocycles. The molecule has 3 rings (SSSR count). The summed E-state index contributed by atoms with van der Waals surface area (Å²) < 4.78 is 18.9. The molecule has 0 spiro atoms. The number of thiocarbonyl (C=S) groups is 1. The van der Waals surface area contributed by atoms with E-state index in [0.717, 1.165) is 62.0 Å². The summed E-state index contributed by atoms with van der Waals surface area (Å²) in [7, 11) is 0. The Morgan fingerprint density at radius 2 is 2.22 bits per heavy atom. The van der Waals surface area contributed by atoms with Gasteiger partial charge >= 0.3 is 0 Å². The van der Waals surface area contributed by atoms with Gasteiger partial charge in [0.1, 0.15) is 5.82 Å². The Kier molecular flexibility index (Phi) is 6.10. The fraction of sp³-hybridized carbons (Fsp3) is 0.562. The Morgan fingerprint density at radius 1 is 1.39 bits per heavy atom. The highest BCUT2D eigenvalue weighted by Gasteiger charge is 2.22. The zero-order valence-corrected chi connectivity index (χ0v) is 14.6. The average molecular weight is 356 g/mol. The van der Waals surface area contributed by atoms with Crippen LogP contribution in [0.25, 0.3) is 0 Å². The standard InChI is InChI=1S/C16H22FN3OS2/c17-12-1-2-15-13(11-12)14(3-10-23-15)19-16(22)18-4-5-20-6-8-21-9-7-20/h1-2,11,14H,3-10H2,(H2,18,19,22)/t14-/m0/s1. The molecule has 0 radical (unpaired) electrons. The number of thioether (sulfide) groups is 1. The van der Waals surface area contributed by atoms with Gasteiger partial charge in [-0.05, 0) is 42.4 Å². The van der Waals surface area contributed by atoms with Crippen LogP contribution in [-0.2, 0) is 4.74 Å². The lowest BCUT2D eigenvalue weighted by molar-refractivity contribution is 0.0389. The predicted octanol–water partition coefficient (Wildman–Crippen LogP) is 2.16. The molecule has 1 aromatic carbocycles. The molecular weight excluding hydrogens is 333 g/mol. The van der Waals surface area contributed by atoms with Gasteiger partial charge in [-0.25, -0.2) is 4.39 Å². The van der Waals surface area contributed by atoms with Crippen molar-refractivity contribution in [2.75, 3.05) is 45.1 Å². The van der Waals surface area contributed by atoms with E-state index in [4.69, 9.17) is 17.0 Å². The summed E-state index contributed by atoms with van der Waals surface area (Å²) in [5, 5.41) is 7.24. The molecule has 7 heteroatoms. The van der Waals surface area contributed by atoms with Crippen molar-refractivity contribution in [3.8, 4) is 0 Å². The number of halogens is 1. The van der Waals surface area contributed by atoms with Crippen LogP contribution in [-0.4, -0.2) is 55.2 Å². The number of rotatable bonds is 4. The van der Waals surface area contributed by atoms with Gasteiger partial charge in [0.2, 0.25) is 0 Å². The third kappa shape index (κ3) is 4.79. The average Bonchev–Trinajstić information content (AvgIpc) is 2.56. The molecule has 2 heterocycles. The van der Waals surface area contributed by atoms with E-state index in [0.29, 0.717) is 5.11 Å². The lowest BCUT2D eigenvalue weighted by Gasteiger charge is -2.28. The zero-order chi connectivity index (χ0) is 16.1. The van der Waals surface area contributed by atoms with Gasteiger partial charge in [0, 0.05) is 36.8 Å². The molecule has 0 unspecified atom stereocenters. The molecule has 2 aliphatic rings. The minimum atomic E-state index is -0.191. The van der Waals surface area contributed by atoms with E-state index in [1.54, 1.807) is 17.8 Å². The number of benzene rings is 1. The van der Waals surface area contributed by atoms with Crippen LogP contribution in [0, 0.1) is 5.82 Å². The van der Waals surface area contributed by atoms with Crippen molar-refractivity contribution in [3.63, 3.8) is 0 Å². The van der Waals surface area contributed by atoms with Gasteiger partial charge in [-0.15, -0.1) is 11.8 Å². The van der Waals surface area contributed by atoms with Gasteiger partial charge in [0.05, 0.1) is 19.3 Å². The SMILES string of the molecule is Fc1ccc2c(c1)[C@@H](NC(=S)NCCN1CCOCC1)CCS2. The number of nitrogens with zero attached hydrogens (tertiary/aromatic N) is 1. The molecular formula is C16H22FN3OS2. The molecule has 1 aromatic rings. The number of hydrogen-bond acceptors (Lipinski definition) is 4. The van der Waals surface area contributed by atoms with Crippen molar-refractivity contribution in [2.24, 2.45) is 0 Å². The van der Waals surface area contributed by atoms with Crippen LogP contribution in [0.2, 0.25) is 0 Å². The maximum Gasteiger partial charge on any atom is 0.166 e. The summed E-state index contributed by atoms with van der Waals surface area (Å²) in [5.74, 6) is 0.830. The fourth-order valence-corrected chi connectivity index (χ4v) is 4.23. The van der Waals surface area contributed by atoms with E-state index in [9.17, 15) is 4.39 Å². The molecule has 2 aliphatic heterocycles. The second kappa shape index (κ2) is 8.28. The van der Waals surface area contributed by atoms with E-state index in [1.807, 2.05) is 6.07 Å². The van der Waals surface area contributed by atoms with E-state index in [-0.39, 0.29) is 11.9 Å². The highest BCUT2D eigenvalue weighted by Crippen LogP contribution is 2.36. The van der Waals surface area contributed by atoms with Gasteiger partial charge in [-0.1, -0.05) is 0 Å². The maximum absolute atomic E-state index is 13.5. The second-order valence-corrected chi connectivity index (χ2v) is 7.27. The van der Waals surface area contributed by atoms with Crippen molar-refractivity contribution in [1.82, 2.24) is 15.5 Å². The summed E-state index contributed by atoms with van der Waals surface area (Å²) in [4.78, 5) is 3.51. The Bertz CT molecular complexity index is 552.